The van der Waals surface area contributed by atoms with Crippen LogP contribution in [0.2, 0.25) is 0 Å². The number of benzene rings is 1. The molecule has 1 aromatic carbocycles. The Balaban J connectivity index is 2.69. The summed E-state index contributed by atoms with van der Waals surface area (Å²) < 4.78 is 0. The Labute approximate surface area is 81.6 Å². The number of fused-ring (bicyclic) bond motifs is 1. The molecule has 13 heavy (non-hydrogen) atoms. The van der Waals surface area contributed by atoms with Gasteiger partial charge in [-0.25, -0.2) is 0 Å². The van der Waals surface area contributed by atoms with E-state index < -0.39 is 0 Å². The van der Waals surface area contributed by atoms with Crippen LogP contribution >= 0.6 is 12.2 Å². The molecule has 0 bridgehead atoms. The molecule has 0 atom stereocenters. The fourth-order valence-corrected chi connectivity index (χ4v) is 1.67. The molecular formula is C10H8N2S. The second-order valence-electron chi connectivity index (χ2n) is 2.88. The van der Waals surface area contributed by atoms with Crippen LogP contribution in [0.1, 0.15) is 11.1 Å². The van der Waals surface area contributed by atoms with Crippen LogP contribution in [-0.2, 0) is 0 Å². The molecule has 0 amide bonds. The van der Waals surface area contributed by atoms with Crippen molar-refractivity contribution < 1.29 is 0 Å². The molecule has 2 rings (SSSR count). The number of nitrogens with one attached hydrogen (secondary N) is 1. The Hall–Kier alpha value is -1.48. The zero-order chi connectivity index (χ0) is 9.42. The summed E-state index contributed by atoms with van der Waals surface area (Å²) in [7, 11) is 0. The summed E-state index contributed by atoms with van der Waals surface area (Å²) in [6.07, 6.45) is 1.67. The van der Waals surface area contributed by atoms with Gasteiger partial charge in [-0.1, -0.05) is 36.5 Å². The maximum Gasteiger partial charge on any atom is 0.0848 e. The summed E-state index contributed by atoms with van der Waals surface area (Å²) in [5.41, 5.74) is 8.20. The first-order chi connectivity index (χ1) is 6.20. The van der Waals surface area contributed by atoms with Gasteiger partial charge in [-0.05, 0) is 6.08 Å². The van der Waals surface area contributed by atoms with Crippen molar-refractivity contribution in [3.63, 3.8) is 0 Å². The van der Waals surface area contributed by atoms with Gasteiger partial charge in [0.25, 0.3) is 0 Å². The van der Waals surface area contributed by atoms with Gasteiger partial charge in [0.2, 0.25) is 0 Å². The van der Waals surface area contributed by atoms with Crippen molar-refractivity contribution in [1.29, 1.82) is 5.41 Å². The van der Waals surface area contributed by atoms with Gasteiger partial charge < -0.3 is 5.73 Å². The topological polar surface area (TPSA) is 49.9 Å². The van der Waals surface area contributed by atoms with E-state index in [2.05, 4.69) is 0 Å². The van der Waals surface area contributed by atoms with Crippen LogP contribution < -0.4 is 5.73 Å². The highest BCUT2D eigenvalue weighted by Crippen LogP contribution is 2.18. The molecule has 0 fully saturated rings. The second kappa shape index (κ2) is 2.78. The van der Waals surface area contributed by atoms with Crippen LogP contribution in [-0.4, -0.2) is 10.6 Å². The lowest BCUT2D eigenvalue weighted by atomic mass is 9.93. The van der Waals surface area contributed by atoms with Gasteiger partial charge in [-0.15, -0.1) is 0 Å². The van der Waals surface area contributed by atoms with Crippen LogP contribution in [0.5, 0.6) is 0 Å². The molecule has 64 valence electrons. The van der Waals surface area contributed by atoms with Gasteiger partial charge in [0.15, 0.2) is 0 Å². The zero-order valence-electron chi connectivity index (χ0n) is 6.87. The van der Waals surface area contributed by atoms with Gasteiger partial charge in [-0.2, -0.15) is 0 Å². The van der Waals surface area contributed by atoms with E-state index in [-0.39, 0.29) is 0 Å². The highest BCUT2D eigenvalue weighted by Gasteiger charge is 2.17. The molecule has 0 radical (unpaired) electrons. The van der Waals surface area contributed by atoms with E-state index in [0.29, 0.717) is 16.3 Å². The lowest BCUT2D eigenvalue weighted by molar-refractivity contribution is 1.37. The number of thiocarbonyl (C=S) groups is 1. The van der Waals surface area contributed by atoms with E-state index in [0.717, 1.165) is 11.1 Å². The second-order valence-corrected chi connectivity index (χ2v) is 3.32. The highest BCUT2D eigenvalue weighted by molar-refractivity contribution is 7.81. The Morgan fingerprint density at radius 2 is 1.77 bits per heavy atom. The molecule has 0 aromatic heterocycles. The largest absolute Gasteiger partial charge is 0.397 e. The lowest BCUT2D eigenvalue weighted by Crippen LogP contribution is -2.20. The first-order valence-corrected chi connectivity index (χ1v) is 4.31. The van der Waals surface area contributed by atoms with Crippen molar-refractivity contribution >= 4 is 22.8 Å². The highest BCUT2D eigenvalue weighted by atomic mass is 32.1. The average molecular weight is 188 g/mol. The van der Waals surface area contributed by atoms with Crippen LogP contribution in [0.4, 0.5) is 0 Å². The monoisotopic (exact) mass is 188 g/mol. The maximum absolute atomic E-state index is 7.71. The predicted molar refractivity (Wildman–Crippen MR) is 57.2 cm³/mol. The van der Waals surface area contributed by atoms with E-state index in [4.69, 9.17) is 23.4 Å². The molecular weight excluding hydrogens is 180 g/mol. The fourth-order valence-electron chi connectivity index (χ4n) is 1.36. The van der Waals surface area contributed by atoms with Crippen molar-refractivity contribution in [2.45, 2.75) is 0 Å². The fraction of sp³-hybridized carbons (Fsp3) is 0. The predicted octanol–water partition coefficient (Wildman–Crippen LogP) is 1.63. The molecule has 0 heterocycles. The summed E-state index contributed by atoms with van der Waals surface area (Å²) in [6.45, 7) is 0. The quantitative estimate of drug-likeness (QED) is 0.608. The maximum atomic E-state index is 7.71. The number of nitrogens with two attached hydrogens (primary N) is 1. The van der Waals surface area contributed by atoms with Crippen molar-refractivity contribution in [2.75, 3.05) is 0 Å². The molecule has 1 aliphatic carbocycles. The van der Waals surface area contributed by atoms with Crippen molar-refractivity contribution in [1.82, 2.24) is 0 Å². The van der Waals surface area contributed by atoms with E-state index in [9.17, 15) is 0 Å². The summed E-state index contributed by atoms with van der Waals surface area (Å²) in [5, 5.41) is 7.71. The lowest BCUT2D eigenvalue weighted by Gasteiger charge is -2.15. The number of hydrogen-bond acceptors (Lipinski definition) is 3. The van der Waals surface area contributed by atoms with Crippen LogP contribution in [0.25, 0.3) is 0 Å². The Bertz CT molecular complexity index is 432. The van der Waals surface area contributed by atoms with Gasteiger partial charge >= 0.3 is 0 Å². The normalized spacial score (nSPS) is 15.2. The summed E-state index contributed by atoms with van der Waals surface area (Å²) in [6, 6.07) is 7.57. The van der Waals surface area contributed by atoms with Crippen LogP contribution in [0.15, 0.2) is 36.0 Å². The van der Waals surface area contributed by atoms with Gasteiger partial charge in [0.1, 0.15) is 0 Å². The van der Waals surface area contributed by atoms with E-state index in [1.165, 1.54) is 0 Å². The first kappa shape index (κ1) is 8.13. The van der Waals surface area contributed by atoms with Crippen molar-refractivity contribution in [3.05, 3.63) is 47.2 Å². The SMILES string of the molecule is N=C1C(N)=CC(=S)c2ccccc21. The van der Waals surface area contributed by atoms with E-state index in [1.807, 2.05) is 24.3 Å². The van der Waals surface area contributed by atoms with E-state index in [1.54, 1.807) is 6.08 Å². The average Bonchev–Trinajstić information content (AvgIpc) is 2.15. The van der Waals surface area contributed by atoms with Crippen LogP contribution in [0, 0.1) is 5.41 Å². The number of allylic oxidation sites excluding steroid dienone is 2. The molecule has 3 N–H and O–H groups in total. The van der Waals surface area contributed by atoms with Gasteiger partial charge in [0, 0.05) is 16.0 Å². The smallest absolute Gasteiger partial charge is 0.0848 e. The zero-order valence-corrected chi connectivity index (χ0v) is 7.69. The third-order valence-electron chi connectivity index (χ3n) is 2.04. The molecule has 0 spiro atoms. The summed E-state index contributed by atoms with van der Waals surface area (Å²) in [4.78, 5) is 0.712. The number of rotatable bonds is 0. The molecule has 0 saturated carbocycles. The first-order valence-electron chi connectivity index (χ1n) is 3.90. The van der Waals surface area contributed by atoms with Gasteiger partial charge in [0.05, 0.1) is 11.4 Å². The van der Waals surface area contributed by atoms with Crippen molar-refractivity contribution in [2.24, 2.45) is 5.73 Å². The molecule has 1 aromatic rings. The molecule has 1 aliphatic rings. The molecule has 0 aliphatic heterocycles. The minimum atomic E-state index is 0.365. The number of hydrogen-bond donors (Lipinski definition) is 2. The Morgan fingerprint density at radius 3 is 2.46 bits per heavy atom. The Kier molecular flexibility index (Phi) is 1.74. The summed E-state index contributed by atoms with van der Waals surface area (Å²) >= 11 is 5.14. The minimum absolute atomic E-state index is 0.365. The van der Waals surface area contributed by atoms with Crippen molar-refractivity contribution in [3.8, 4) is 0 Å². The third-order valence-corrected chi connectivity index (χ3v) is 2.37. The third kappa shape index (κ3) is 1.17. The Morgan fingerprint density at radius 1 is 1.15 bits per heavy atom. The van der Waals surface area contributed by atoms with Gasteiger partial charge in [-0.3, -0.25) is 5.41 Å². The molecule has 0 saturated heterocycles. The van der Waals surface area contributed by atoms with E-state index >= 15 is 0 Å². The molecule has 3 heteroatoms. The standard InChI is InChI=1S/C10H8N2S/c11-8-5-9(13)6-3-1-2-4-7(6)10(8)12/h1-5,12H,11H2. The van der Waals surface area contributed by atoms with Crippen LogP contribution in [0.3, 0.4) is 0 Å². The molecule has 0 unspecified atom stereocenters. The molecule has 2 nitrogen and oxygen atoms in total. The summed E-state index contributed by atoms with van der Waals surface area (Å²) in [5.74, 6) is 0. The minimum Gasteiger partial charge on any atom is -0.397 e.